The molecule has 3 heterocycles. The van der Waals surface area contributed by atoms with Crippen LogP contribution in [0, 0.1) is 12.0 Å². The monoisotopic (exact) mass is 638 g/mol. The molecule has 6 rings (SSSR count). The van der Waals surface area contributed by atoms with E-state index in [1.807, 2.05) is 78.9 Å². The summed E-state index contributed by atoms with van der Waals surface area (Å²) in [6.45, 7) is 3.44. The zero-order valence-corrected chi connectivity index (χ0v) is 26.4. The molecule has 1 saturated heterocycles. The molecule has 0 saturated carbocycles. The van der Waals surface area contributed by atoms with Crippen molar-refractivity contribution in [3.05, 3.63) is 118 Å². The topological polar surface area (TPSA) is 161 Å². The number of aliphatic hydroxyl groups is 2. The number of amides is 1. The van der Waals surface area contributed by atoms with Crippen molar-refractivity contribution in [3.8, 4) is 11.5 Å². The van der Waals surface area contributed by atoms with E-state index < -0.39 is 29.4 Å². The fourth-order valence-corrected chi connectivity index (χ4v) is 6.12. The molecule has 12 nitrogen and oxygen atoms in total. The lowest BCUT2D eigenvalue weighted by Gasteiger charge is -2.42. The second-order valence-corrected chi connectivity index (χ2v) is 11.7. The van der Waals surface area contributed by atoms with Crippen molar-refractivity contribution < 1.29 is 29.2 Å². The lowest BCUT2D eigenvalue weighted by Crippen LogP contribution is -2.50. The Labute approximate surface area is 271 Å². The van der Waals surface area contributed by atoms with Gasteiger partial charge < -0.3 is 24.4 Å². The number of methoxy groups -OCH3 is 2. The Bertz CT molecular complexity index is 1860. The van der Waals surface area contributed by atoms with Gasteiger partial charge in [0.05, 0.1) is 26.0 Å². The van der Waals surface area contributed by atoms with Crippen LogP contribution < -0.4 is 20.3 Å². The van der Waals surface area contributed by atoms with Gasteiger partial charge >= 0.3 is 0 Å². The number of H-pyrrole nitrogens is 1. The molecule has 3 aromatic carbocycles. The Morgan fingerprint density at radius 2 is 1.55 bits per heavy atom. The maximum Gasteiger partial charge on any atom is 0.280 e. The van der Waals surface area contributed by atoms with E-state index in [-0.39, 0.29) is 41.5 Å². The first-order valence-corrected chi connectivity index (χ1v) is 15.2. The predicted molar refractivity (Wildman–Crippen MR) is 174 cm³/mol. The minimum absolute atomic E-state index is 0.00849. The molecule has 1 unspecified atom stereocenters. The number of imidazole rings is 1. The lowest BCUT2D eigenvalue weighted by molar-refractivity contribution is -0.118. The SMILES string of the molecule is COc1ccc(C(c2ccccc2)(c2ccc(OC)cc2)C(O)[C@H]2O[C@@H](n3cnc4c(=O)[nH]c(NC(=O)C(C)C)nc43)C[C]2O)cc1. The summed E-state index contributed by atoms with van der Waals surface area (Å²) < 4.78 is 18.8. The zero-order chi connectivity index (χ0) is 33.3. The maximum atomic E-state index is 12.8. The predicted octanol–water partition coefficient (Wildman–Crippen LogP) is 4.32. The second-order valence-electron chi connectivity index (χ2n) is 11.7. The molecule has 0 spiro atoms. The Kier molecular flexibility index (Phi) is 8.82. The van der Waals surface area contributed by atoms with Gasteiger partial charge in [0, 0.05) is 12.3 Å². The molecule has 4 N–H and O–H groups in total. The van der Waals surface area contributed by atoms with Crippen molar-refractivity contribution in [2.24, 2.45) is 5.92 Å². The normalized spacial score (nSPS) is 17.6. The first-order valence-electron chi connectivity index (χ1n) is 15.2. The summed E-state index contributed by atoms with van der Waals surface area (Å²) in [6, 6.07) is 24.3. The van der Waals surface area contributed by atoms with Crippen molar-refractivity contribution in [2.45, 2.75) is 44.1 Å². The molecule has 243 valence electrons. The summed E-state index contributed by atoms with van der Waals surface area (Å²) in [4.78, 5) is 36.4. The van der Waals surface area contributed by atoms with E-state index in [9.17, 15) is 19.8 Å². The third-order valence-electron chi connectivity index (χ3n) is 8.57. The van der Waals surface area contributed by atoms with E-state index in [1.165, 1.54) is 10.9 Å². The summed E-state index contributed by atoms with van der Waals surface area (Å²) in [5.41, 5.74) is 0.624. The van der Waals surface area contributed by atoms with Gasteiger partial charge in [-0.1, -0.05) is 68.4 Å². The number of benzene rings is 3. The van der Waals surface area contributed by atoms with Gasteiger partial charge in [-0.05, 0) is 41.0 Å². The van der Waals surface area contributed by atoms with Gasteiger partial charge in [0.15, 0.2) is 11.2 Å². The summed E-state index contributed by atoms with van der Waals surface area (Å²) in [5.74, 6) is 0.594. The molecule has 1 radical (unpaired) electrons. The number of carbonyl (C=O) groups is 1. The molecule has 12 heteroatoms. The van der Waals surface area contributed by atoms with Gasteiger partial charge in [-0.3, -0.25) is 24.5 Å². The van der Waals surface area contributed by atoms with Gasteiger partial charge in [0.1, 0.15) is 36.0 Å². The second kappa shape index (κ2) is 13.0. The first-order chi connectivity index (χ1) is 22.7. The summed E-state index contributed by atoms with van der Waals surface area (Å²) in [5, 5.41) is 26.7. The molecule has 5 aromatic rings. The molecule has 2 aromatic heterocycles. The van der Waals surface area contributed by atoms with Crippen LogP contribution in [0.2, 0.25) is 0 Å². The molecule has 1 amide bonds. The minimum Gasteiger partial charge on any atom is -0.497 e. The molecule has 0 bridgehead atoms. The average Bonchev–Trinajstić information content (AvgIpc) is 3.69. The maximum absolute atomic E-state index is 12.8. The van der Waals surface area contributed by atoms with E-state index in [0.29, 0.717) is 11.5 Å². The number of aromatic nitrogens is 4. The van der Waals surface area contributed by atoms with Gasteiger partial charge in [-0.15, -0.1) is 0 Å². The third-order valence-corrected chi connectivity index (χ3v) is 8.57. The fourth-order valence-electron chi connectivity index (χ4n) is 6.12. The highest BCUT2D eigenvalue weighted by molar-refractivity contribution is 5.91. The largest absolute Gasteiger partial charge is 0.497 e. The number of aliphatic hydroxyl groups excluding tert-OH is 2. The van der Waals surface area contributed by atoms with E-state index >= 15 is 0 Å². The van der Waals surface area contributed by atoms with Crippen LogP contribution >= 0.6 is 0 Å². The van der Waals surface area contributed by atoms with Crippen LogP contribution in [0.5, 0.6) is 11.5 Å². The Morgan fingerprint density at radius 1 is 0.979 bits per heavy atom. The Hall–Kier alpha value is -5.04. The quantitative estimate of drug-likeness (QED) is 0.163. The van der Waals surface area contributed by atoms with Crippen LogP contribution in [0.4, 0.5) is 5.95 Å². The summed E-state index contributed by atoms with van der Waals surface area (Å²) in [6.07, 6.45) is -2.11. The number of hydrogen-bond acceptors (Lipinski definition) is 9. The van der Waals surface area contributed by atoms with Crippen molar-refractivity contribution >= 4 is 23.0 Å². The van der Waals surface area contributed by atoms with E-state index in [2.05, 4.69) is 20.3 Å². The Balaban J connectivity index is 1.45. The first kappa shape index (κ1) is 31.9. The highest BCUT2D eigenvalue weighted by Gasteiger charge is 2.52. The van der Waals surface area contributed by atoms with E-state index in [1.54, 1.807) is 28.1 Å². The van der Waals surface area contributed by atoms with Crippen molar-refractivity contribution in [2.75, 3.05) is 19.5 Å². The van der Waals surface area contributed by atoms with Crippen molar-refractivity contribution in [3.63, 3.8) is 0 Å². The number of rotatable bonds is 10. The van der Waals surface area contributed by atoms with E-state index in [4.69, 9.17) is 14.2 Å². The molecular formula is C35H36N5O7. The molecule has 1 aliphatic rings. The van der Waals surface area contributed by atoms with Crippen LogP contribution in [0.3, 0.4) is 0 Å². The van der Waals surface area contributed by atoms with Crippen molar-refractivity contribution in [1.29, 1.82) is 0 Å². The number of nitrogens with one attached hydrogen (secondary N) is 2. The molecule has 0 aliphatic carbocycles. The number of fused-ring (bicyclic) bond motifs is 1. The standard InChI is InChI=1S/C35H36N5O7/c1-20(2)32(43)38-34-37-31-28(33(44)39-34)36-19-40(31)27-18-26(41)29(47-27)30(42)35(21-8-6-5-7-9-21,22-10-14-24(45-3)15-11-22)23-12-16-25(46-4)17-13-23/h5-17,19-20,27,29-30,41-42H,18H2,1-4H3,(H2,37,38,39,43,44)/t27-,29+,30?/m1/s1. The molecular weight excluding hydrogens is 602 g/mol. The number of nitrogens with zero attached hydrogens (tertiary/aromatic N) is 3. The number of aromatic amines is 1. The van der Waals surface area contributed by atoms with E-state index in [0.717, 1.165) is 16.7 Å². The fraction of sp³-hybridized carbons (Fsp3) is 0.286. The summed E-state index contributed by atoms with van der Waals surface area (Å²) >= 11 is 0. The molecule has 1 fully saturated rings. The van der Waals surface area contributed by atoms with Gasteiger partial charge in [0.2, 0.25) is 11.9 Å². The average molecular weight is 639 g/mol. The minimum atomic E-state index is -1.36. The number of carbonyl (C=O) groups excluding carboxylic acids is 1. The molecule has 1 aliphatic heterocycles. The van der Waals surface area contributed by atoms with Gasteiger partial charge in [-0.2, -0.15) is 4.98 Å². The van der Waals surface area contributed by atoms with Gasteiger partial charge in [-0.25, -0.2) is 4.98 Å². The summed E-state index contributed by atoms with van der Waals surface area (Å²) in [7, 11) is 3.17. The third kappa shape index (κ3) is 5.75. The van der Waals surface area contributed by atoms with Crippen LogP contribution in [-0.2, 0) is 14.9 Å². The van der Waals surface area contributed by atoms with Crippen LogP contribution in [-0.4, -0.2) is 62.1 Å². The lowest BCUT2D eigenvalue weighted by atomic mass is 9.64. The van der Waals surface area contributed by atoms with Gasteiger partial charge in [0.25, 0.3) is 5.56 Å². The number of anilines is 1. The van der Waals surface area contributed by atoms with Crippen LogP contribution in [0.25, 0.3) is 11.2 Å². The molecule has 47 heavy (non-hydrogen) atoms. The smallest absolute Gasteiger partial charge is 0.280 e. The number of ether oxygens (including phenoxy) is 3. The highest BCUT2D eigenvalue weighted by atomic mass is 16.5. The van der Waals surface area contributed by atoms with Crippen LogP contribution in [0.1, 0.15) is 43.2 Å². The number of hydrogen-bond donors (Lipinski definition) is 4. The van der Waals surface area contributed by atoms with Crippen molar-refractivity contribution in [1.82, 2.24) is 19.5 Å². The van der Waals surface area contributed by atoms with Crippen LogP contribution in [0.15, 0.2) is 90.0 Å². The highest BCUT2D eigenvalue weighted by Crippen LogP contribution is 2.48. The zero-order valence-electron chi connectivity index (χ0n) is 26.4. The molecule has 3 atom stereocenters. The Morgan fingerprint density at radius 3 is 2.11 bits per heavy atom.